The zero-order valence-corrected chi connectivity index (χ0v) is 17.8. The molecule has 0 unspecified atom stereocenters. The summed E-state index contributed by atoms with van der Waals surface area (Å²) in [6.07, 6.45) is 4.59. The van der Waals surface area contributed by atoms with E-state index in [9.17, 15) is 14.4 Å². The van der Waals surface area contributed by atoms with Crippen molar-refractivity contribution in [1.29, 1.82) is 0 Å². The average Bonchev–Trinajstić information content (AvgIpc) is 2.79. The second-order valence-electron chi connectivity index (χ2n) is 7.60. The number of aromatic nitrogens is 2. The smallest absolute Gasteiger partial charge is 0.261 e. The number of carbonyl (C=O) groups excluding carboxylic acids is 2. The predicted octanol–water partition coefficient (Wildman–Crippen LogP) is 3.70. The summed E-state index contributed by atoms with van der Waals surface area (Å²) >= 11 is 6.11. The lowest BCUT2D eigenvalue weighted by Gasteiger charge is -2.27. The summed E-state index contributed by atoms with van der Waals surface area (Å²) in [5.41, 5.74) is 1.23. The Bertz CT molecular complexity index is 1180. The number of aryl methyl sites for hydroxylation is 1. The molecule has 0 atom stereocenters. The van der Waals surface area contributed by atoms with Gasteiger partial charge in [0.25, 0.3) is 11.5 Å². The molecule has 1 fully saturated rings. The topological polar surface area (TPSA) is 84.3 Å². The molecule has 7 nitrogen and oxygen atoms in total. The van der Waals surface area contributed by atoms with Crippen molar-refractivity contribution in [2.24, 2.45) is 0 Å². The summed E-state index contributed by atoms with van der Waals surface area (Å²) in [4.78, 5) is 44.2. The van der Waals surface area contributed by atoms with E-state index in [0.717, 1.165) is 19.3 Å². The van der Waals surface area contributed by atoms with E-state index >= 15 is 0 Å². The molecule has 0 radical (unpaired) electrons. The molecular weight excluding hydrogens is 416 g/mol. The van der Waals surface area contributed by atoms with Gasteiger partial charge in [0.1, 0.15) is 0 Å². The molecule has 4 rings (SSSR count). The molecule has 1 aliphatic rings. The highest BCUT2D eigenvalue weighted by molar-refractivity contribution is 6.31. The number of hydrogen-bond donors (Lipinski definition) is 1. The summed E-state index contributed by atoms with van der Waals surface area (Å²) in [6, 6.07) is 12.0. The quantitative estimate of drug-likeness (QED) is 0.658. The number of amides is 2. The molecule has 3 aromatic rings. The third-order valence-electron chi connectivity index (χ3n) is 5.44. The lowest BCUT2D eigenvalue weighted by atomic mass is 10.1. The van der Waals surface area contributed by atoms with Gasteiger partial charge < -0.3 is 10.2 Å². The molecule has 31 heavy (non-hydrogen) atoms. The Morgan fingerprint density at radius 1 is 1.06 bits per heavy atom. The van der Waals surface area contributed by atoms with E-state index in [1.807, 2.05) is 11.0 Å². The molecule has 0 aliphatic carbocycles. The van der Waals surface area contributed by atoms with Crippen LogP contribution in [0.25, 0.3) is 10.9 Å². The number of rotatable bonds is 5. The van der Waals surface area contributed by atoms with Gasteiger partial charge in [0.2, 0.25) is 5.91 Å². The number of nitrogens with one attached hydrogen (secondary N) is 1. The molecule has 1 aromatic heterocycles. The lowest BCUT2D eigenvalue weighted by molar-refractivity contribution is -0.116. The summed E-state index contributed by atoms with van der Waals surface area (Å²) in [7, 11) is 0. The maximum absolute atomic E-state index is 12.9. The van der Waals surface area contributed by atoms with Crippen molar-refractivity contribution < 1.29 is 9.59 Å². The third kappa shape index (κ3) is 4.77. The molecule has 2 heterocycles. The van der Waals surface area contributed by atoms with Crippen molar-refractivity contribution in [2.45, 2.75) is 32.2 Å². The highest BCUT2D eigenvalue weighted by Crippen LogP contribution is 2.24. The van der Waals surface area contributed by atoms with Gasteiger partial charge in [0, 0.05) is 31.1 Å². The van der Waals surface area contributed by atoms with Crippen LogP contribution in [0, 0.1) is 0 Å². The van der Waals surface area contributed by atoms with Crippen molar-refractivity contribution in [3.05, 3.63) is 69.7 Å². The standard InChI is InChI=1S/C23H23ClN4O3/c24-16-8-9-18(22(30)27-11-4-1-5-12-27)20(14-16)26-21(29)10-13-28-15-25-19-7-3-2-6-17(19)23(28)31/h2-3,6-9,14-15H,1,4-5,10-13H2,(H,26,29). The van der Waals surface area contributed by atoms with Crippen LogP contribution in [0.5, 0.6) is 0 Å². The third-order valence-corrected chi connectivity index (χ3v) is 5.68. The Labute approximate surface area is 184 Å². The van der Waals surface area contributed by atoms with Crippen LogP contribution in [0.2, 0.25) is 5.02 Å². The van der Waals surface area contributed by atoms with Crippen molar-refractivity contribution in [2.75, 3.05) is 18.4 Å². The van der Waals surface area contributed by atoms with Crippen molar-refractivity contribution >= 4 is 40.0 Å². The maximum atomic E-state index is 12.9. The molecule has 2 amide bonds. The largest absolute Gasteiger partial charge is 0.339 e. The Kier molecular flexibility index (Phi) is 6.32. The first-order valence-electron chi connectivity index (χ1n) is 10.4. The molecule has 2 aromatic carbocycles. The van der Waals surface area contributed by atoms with Gasteiger partial charge in [-0.1, -0.05) is 23.7 Å². The molecule has 1 saturated heterocycles. The van der Waals surface area contributed by atoms with E-state index in [2.05, 4.69) is 10.3 Å². The van der Waals surface area contributed by atoms with Crippen LogP contribution in [-0.4, -0.2) is 39.4 Å². The monoisotopic (exact) mass is 438 g/mol. The number of halogens is 1. The average molecular weight is 439 g/mol. The van der Waals surface area contributed by atoms with E-state index in [4.69, 9.17) is 11.6 Å². The number of carbonyl (C=O) groups is 2. The maximum Gasteiger partial charge on any atom is 0.261 e. The normalized spacial score (nSPS) is 13.9. The van der Waals surface area contributed by atoms with Gasteiger partial charge in [-0.25, -0.2) is 4.98 Å². The van der Waals surface area contributed by atoms with Crippen LogP contribution < -0.4 is 10.9 Å². The molecule has 0 spiro atoms. The zero-order valence-electron chi connectivity index (χ0n) is 17.0. The minimum atomic E-state index is -0.310. The van der Waals surface area contributed by atoms with E-state index in [-0.39, 0.29) is 30.3 Å². The number of para-hydroxylation sites is 1. The summed E-state index contributed by atoms with van der Waals surface area (Å²) in [5.74, 6) is -0.420. The molecule has 1 N–H and O–H groups in total. The zero-order chi connectivity index (χ0) is 21.8. The van der Waals surface area contributed by atoms with Crippen LogP contribution in [-0.2, 0) is 11.3 Å². The van der Waals surface area contributed by atoms with Gasteiger partial charge in [-0.15, -0.1) is 0 Å². The van der Waals surface area contributed by atoms with Crippen molar-refractivity contribution in [1.82, 2.24) is 14.5 Å². The summed E-state index contributed by atoms with van der Waals surface area (Å²) < 4.78 is 1.42. The van der Waals surface area contributed by atoms with E-state index < -0.39 is 0 Å². The van der Waals surface area contributed by atoms with Gasteiger partial charge in [0.05, 0.1) is 28.5 Å². The first-order chi connectivity index (χ1) is 15.0. The van der Waals surface area contributed by atoms with Gasteiger partial charge in [-0.2, -0.15) is 0 Å². The van der Waals surface area contributed by atoms with Crippen LogP contribution in [0.4, 0.5) is 5.69 Å². The molecule has 1 aliphatic heterocycles. The highest BCUT2D eigenvalue weighted by Gasteiger charge is 2.21. The van der Waals surface area contributed by atoms with Crippen LogP contribution in [0.15, 0.2) is 53.6 Å². The van der Waals surface area contributed by atoms with E-state index in [1.54, 1.807) is 36.4 Å². The minimum absolute atomic E-state index is 0.0593. The van der Waals surface area contributed by atoms with Crippen LogP contribution >= 0.6 is 11.6 Å². The molecule has 0 bridgehead atoms. The van der Waals surface area contributed by atoms with Crippen molar-refractivity contribution in [3.63, 3.8) is 0 Å². The van der Waals surface area contributed by atoms with Crippen molar-refractivity contribution in [3.8, 4) is 0 Å². The number of hydrogen-bond acceptors (Lipinski definition) is 4. The Morgan fingerprint density at radius 2 is 1.84 bits per heavy atom. The fraction of sp³-hybridized carbons (Fsp3) is 0.304. The number of anilines is 1. The lowest BCUT2D eigenvalue weighted by Crippen LogP contribution is -2.36. The number of benzene rings is 2. The van der Waals surface area contributed by atoms with E-state index in [1.165, 1.54) is 10.9 Å². The first-order valence-corrected chi connectivity index (χ1v) is 10.7. The van der Waals surface area contributed by atoms with Crippen LogP contribution in [0.3, 0.4) is 0 Å². The van der Waals surface area contributed by atoms with Crippen LogP contribution in [0.1, 0.15) is 36.0 Å². The fourth-order valence-electron chi connectivity index (χ4n) is 3.77. The Morgan fingerprint density at radius 3 is 2.65 bits per heavy atom. The number of likely N-dealkylation sites (tertiary alicyclic amines) is 1. The van der Waals surface area contributed by atoms with E-state index in [0.29, 0.717) is 40.3 Å². The summed E-state index contributed by atoms with van der Waals surface area (Å²) in [5, 5.41) is 3.73. The first kappa shape index (κ1) is 21.1. The predicted molar refractivity (Wildman–Crippen MR) is 120 cm³/mol. The second kappa shape index (κ2) is 9.31. The fourth-order valence-corrected chi connectivity index (χ4v) is 3.95. The second-order valence-corrected chi connectivity index (χ2v) is 8.04. The Hall–Kier alpha value is -3.19. The Balaban J connectivity index is 1.47. The van der Waals surface area contributed by atoms with Gasteiger partial charge in [-0.05, 0) is 49.6 Å². The van der Waals surface area contributed by atoms with Gasteiger partial charge in [-0.3, -0.25) is 19.0 Å². The SMILES string of the molecule is O=C(CCn1cnc2ccccc2c1=O)Nc1cc(Cl)ccc1C(=O)N1CCCCC1. The number of fused-ring (bicyclic) bond motifs is 1. The summed E-state index contributed by atoms with van der Waals surface area (Å²) in [6.45, 7) is 1.61. The van der Waals surface area contributed by atoms with Gasteiger partial charge >= 0.3 is 0 Å². The molecule has 0 saturated carbocycles. The number of piperidine rings is 1. The molecule has 8 heteroatoms. The molecular formula is C23H23ClN4O3. The highest BCUT2D eigenvalue weighted by atomic mass is 35.5. The molecule has 160 valence electrons. The minimum Gasteiger partial charge on any atom is -0.339 e. The van der Waals surface area contributed by atoms with Gasteiger partial charge in [0.15, 0.2) is 0 Å². The number of nitrogens with zero attached hydrogens (tertiary/aromatic N) is 3.